The lowest BCUT2D eigenvalue weighted by Gasteiger charge is -2.39. The lowest BCUT2D eigenvalue weighted by Crippen LogP contribution is -2.37. The van der Waals surface area contributed by atoms with Gasteiger partial charge >= 0.3 is 0 Å². The first-order valence-corrected chi connectivity index (χ1v) is 8.19. The Morgan fingerprint density at radius 2 is 2.00 bits per heavy atom. The Morgan fingerprint density at radius 3 is 2.68 bits per heavy atom. The average Bonchev–Trinajstić information content (AvgIpc) is 2.62. The minimum atomic E-state index is -0.851. The molecule has 5 nitrogen and oxygen atoms in total. The Balaban J connectivity index is 2.02. The van der Waals surface area contributed by atoms with Gasteiger partial charge in [0.2, 0.25) is 6.41 Å². The van der Waals surface area contributed by atoms with E-state index < -0.39 is 5.60 Å². The fourth-order valence-electron chi connectivity index (χ4n) is 3.34. The standard InChI is InChI=1S/C20H21NO4/c1-20(17-11-16(24-2)8-9-18(17)21-13-22)12-15(23)10-19(25-20)14-6-4-3-5-7-14/h3-9,11,13,19H,10,12H2,1-2H3,(H,21,22)/t19-,20+/m1/s1. The summed E-state index contributed by atoms with van der Waals surface area (Å²) in [5, 5.41) is 2.69. The summed E-state index contributed by atoms with van der Waals surface area (Å²) in [6.07, 6.45) is 0.896. The summed E-state index contributed by atoms with van der Waals surface area (Å²) >= 11 is 0. The Kier molecular flexibility index (Phi) is 4.86. The number of carbonyl (C=O) groups is 2. The summed E-state index contributed by atoms with van der Waals surface area (Å²) < 4.78 is 11.7. The van der Waals surface area contributed by atoms with E-state index in [-0.39, 0.29) is 18.3 Å². The number of carbonyl (C=O) groups excluding carboxylic acids is 2. The first-order valence-electron chi connectivity index (χ1n) is 8.19. The Labute approximate surface area is 147 Å². The van der Waals surface area contributed by atoms with E-state index in [1.807, 2.05) is 43.3 Å². The van der Waals surface area contributed by atoms with Gasteiger partial charge < -0.3 is 14.8 Å². The molecule has 0 aromatic heterocycles. The highest BCUT2D eigenvalue weighted by molar-refractivity contribution is 5.82. The zero-order valence-corrected chi connectivity index (χ0v) is 14.3. The molecule has 0 saturated carbocycles. The third-order valence-electron chi connectivity index (χ3n) is 4.53. The van der Waals surface area contributed by atoms with Crippen molar-refractivity contribution in [2.45, 2.75) is 31.5 Å². The zero-order chi connectivity index (χ0) is 17.9. The van der Waals surface area contributed by atoms with E-state index in [0.29, 0.717) is 24.3 Å². The second-order valence-corrected chi connectivity index (χ2v) is 6.34. The van der Waals surface area contributed by atoms with Crippen molar-refractivity contribution in [2.75, 3.05) is 12.4 Å². The van der Waals surface area contributed by atoms with Crippen LogP contribution in [0.15, 0.2) is 48.5 Å². The number of ketones is 1. The number of amides is 1. The molecule has 2 atom stereocenters. The molecule has 5 heteroatoms. The largest absolute Gasteiger partial charge is 0.497 e. The zero-order valence-electron chi connectivity index (χ0n) is 14.3. The Morgan fingerprint density at radius 1 is 1.24 bits per heavy atom. The normalized spacial score (nSPS) is 23.1. The van der Waals surface area contributed by atoms with Gasteiger partial charge in [-0.15, -0.1) is 0 Å². The van der Waals surface area contributed by atoms with Crippen LogP contribution in [0.25, 0.3) is 0 Å². The topological polar surface area (TPSA) is 64.6 Å². The van der Waals surface area contributed by atoms with E-state index in [1.165, 1.54) is 0 Å². The summed E-state index contributed by atoms with van der Waals surface area (Å²) in [7, 11) is 1.58. The summed E-state index contributed by atoms with van der Waals surface area (Å²) in [5.74, 6) is 0.771. The van der Waals surface area contributed by atoms with E-state index in [0.717, 1.165) is 11.1 Å². The van der Waals surface area contributed by atoms with Gasteiger partial charge in [0.15, 0.2) is 0 Å². The molecule has 1 aliphatic heterocycles. The van der Waals surface area contributed by atoms with Crippen LogP contribution >= 0.6 is 0 Å². The molecule has 2 aromatic carbocycles. The van der Waals surface area contributed by atoms with E-state index in [1.54, 1.807) is 19.2 Å². The molecular weight excluding hydrogens is 318 g/mol. The van der Waals surface area contributed by atoms with Crippen LogP contribution in [0.1, 0.15) is 37.0 Å². The maximum absolute atomic E-state index is 12.5. The number of hydrogen-bond acceptors (Lipinski definition) is 4. The van der Waals surface area contributed by atoms with Gasteiger partial charge in [-0.05, 0) is 30.7 Å². The van der Waals surface area contributed by atoms with Gasteiger partial charge in [-0.3, -0.25) is 9.59 Å². The van der Waals surface area contributed by atoms with Gasteiger partial charge in [-0.2, -0.15) is 0 Å². The molecule has 1 N–H and O–H groups in total. The van der Waals surface area contributed by atoms with E-state index >= 15 is 0 Å². The van der Waals surface area contributed by atoms with E-state index in [9.17, 15) is 9.59 Å². The molecule has 0 unspecified atom stereocenters. The van der Waals surface area contributed by atoms with Crippen LogP contribution in [0.3, 0.4) is 0 Å². The molecule has 1 aliphatic rings. The number of methoxy groups -OCH3 is 1. The Hall–Kier alpha value is -2.66. The summed E-state index contributed by atoms with van der Waals surface area (Å²) in [5.41, 5.74) is 1.46. The highest BCUT2D eigenvalue weighted by Crippen LogP contribution is 2.44. The molecule has 1 saturated heterocycles. The van der Waals surface area contributed by atoms with Gasteiger partial charge in [-0.25, -0.2) is 0 Å². The predicted octanol–water partition coefficient (Wildman–Crippen LogP) is 3.60. The maximum atomic E-state index is 12.5. The minimum Gasteiger partial charge on any atom is -0.497 e. The quantitative estimate of drug-likeness (QED) is 0.846. The van der Waals surface area contributed by atoms with Crippen molar-refractivity contribution < 1.29 is 19.1 Å². The van der Waals surface area contributed by atoms with E-state index in [2.05, 4.69) is 5.32 Å². The van der Waals surface area contributed by atoms with Crippen molar-refractivity contribution in [1.29, 1.82) is 0 Å². The SMILES string of the molecule is COc1ccc(NC=O)c([C@]2(C)CC(=O)C[C@H](c3ccccc3)O2)c1. The minimum absolute atomic E-state index is 0.127. The second kappa shape index (κ2) is 7.07. The third kappa shape index (κ3) is 3.56. The molecule has 1 heterocycles. The average molecular weight is 339 g/mol. The number of rotatable bonds is 5. The fraction of sp³-hybridized carbons (Fsp3) is 0.300. The molecular formula is C20H21NO4. The number of anilines is 1. The van der Waals surface area contributed by atoms with Crippen molar-refractivity contribution in [3.05, 3.63) is 59.7 Å². The number of hydrogen-bond donors (Lipinski definition) is 1. The number of benzene rings is 2. The Bertz CT molecular complexity index is 775. The smallest absolute Gasteiger partial charge is 0.211 e. The van der Waals surface area contributed by atoms with Gasteiger partial charge in [0, 0.05) is 24.1 Å². The summed E-state index contributed by atoms with van der Waals surface area (Å²) in [6, 6.07) is 15.0. The fourth-order valence-corrected chi connectivity index (χ4v) is 3.34. The first-order chi connectivity index (χ1) is 12.1. The van der Waals surface area contributed by atoms with Crippen molar-refractivity contribution in [2.24, 2.45) is 0 Å². The highest BCUT2D eigenvalue weighted by Gasteiger charge is 2.41. The summed E-state index contributed by atoms with van der Waals surface area (Å²) in [4.78, 5) is 23.4. The molecule has 0 aliphatic carbocycles. The van der Waals surface area contributed by atoms with Crippen molar-refractivity contribution in [1.82, 2.24) is 0 Å². The van der Waals surface area contributed by atoms with Crippen molar-refractivity contribution in [3.63, 3.8) is 0 Å². The predicted molar refractivity (Wildman–Crippen MR) is 94.5 cm³/mol. The molecule has 1 fully saturated rings. The van der Waals surface area contributed by atoms with Crippen LogP contribution in [0, 0.1) is 0 Å². The van der Waals surface area contributed by atoms with Crippen LogP contribution in [0.5, 0.6) is 5.75 Å². The third-order valence-corrected chi connectivity index (χ3v) is 4.53. The van der Waals surface area contributed by atoms with Gasteiger partial charge in [0.1, 0.15) is 17.1 Å². The van der Waals surface area contributed by atoms with Crippen LogP contribution in [-0.4, -0.2) is 19.3 Å². The lowest BCUT2D eigenvalue weighted by atomic mass is 9.83. The summed E-state index contributed by atoms with van der Waals surface area (Å²) in [6.45, 7) is 1.88. The van der Waals surface area contributed by atoms with Crippen LogP contribution in [0.2, 0.25) is 0 Å². The van der Waals surface area contributed by atoms with Crippen molar-refractivity contribution >= 4 is 17.9 Å². The van der Waals surface area contributed by atoms with E-state index in [4.69, 9.17) is 9.47 Å². The van der Waals surface area contributed by atoms with Crippen LogP contribution < -0.4 is 10.1 Å². The maximum Gasteiger partial charge on any atom is 0.211 e. The molecule has 2 aromatic rings. The second-order valence-electron chi connectivity index (χ2n) is 6.34. The van der Waals surface area contributed by atoms with Crippen LogP contribution in [-0.2, 0) is 19.9 Å². The van der Waals surface area contributed by atoms with Gasteiger partial charge in [0.25, 0.3) is 0 Å². The lowest BCUT2D eigenvalue weighted by molar-refractivity contribution is -0.155. The number of nitrogens with one attached hydrogen (secondary N) is 1. The molecule has 0 spiro atoms. The molecule has 0 bridgehead atoms. The molecule has 3 rings (SSSR count). The number of ether oxygens (including phenoxy) is 2. The molecule has 25 heavy (non-hydrogen) atoms. The molecule has 1 amide bonds. The van der Waals surface area contributed by atoms with Crippen LogP contribution in [0.4, 0.5) is 5.69 Å². The monoisotopic (exact) mass is 339 g/mol. The van der Waals surface area contributed by atoms with Gasteiger partial charge in [0.05, 0.1) is 13.2 Å². The molecule has 130 valence electrons. The number of Topliss-reactive ketones (excluding diaryl/α,β-unsaturated/α-hetero) is 1. The van der Waals surface area contributed by atoms with Crippen molar-refractivity contribution in [3.8, 4) is 5.75 Å². The first kappa shape index (κ1) is 17.2. The molecule has 0 radical (unpaired) electrons. The van der Waals surface area contributed by atoms with Gasteiger partial charge in [-0.1, -0.05) is 30.3 Å². The highest BCUT2D eigenvalue weighted by atomic mass is 16.5.